The van der Waals surface area contributed by atoms with E-state index in [0.717, 1.165) is 17.6 Å². The number of methoxy groups -OCH3 is 2. The zero-order valence-corrected chi connectivity index (χ0v) is 11.6. The third kappa shape index (κ3) is 2.23. The minimum Gasteiger partial charge on any atom is -0.497 e. The fraction of sp³-hybridized carbons (Fsp3) is 0.125. The Bertz CT molecular complexity index is 790. The number of rotatable bonds is 4. The van der Waals surface area contributed by atoms with Crippen molar-refractivity contribution in [2.75, 3.05) is 14.2 Å². The Morgan fingerprint density at radius 1 is 1.05 bits per heavy atom. The van der Waals surface area contributed by atoms with E-state index >= 15 is 0 Å². The van der Waals surface area contributed by atoms with Crippen LogP contribution in [0.2, 0.25) is 0 Å². The second-order valence-corrected chi connectivity index (χ2v) is 4.40. The van der Waals surface area contributed by atoms with E-state index in [0.29, 0.717) is 28.3 Å². The van der Waals surface area contributed by atoms with Crippen molar-refractivity contribution in [3.05, 3.63) is 42.0 Å². The molecular formula is C16H13NO4. The molecular weight excluding hydrogens is 270 g/mol. The Kier molecular flexibility index (Phi) is 3.31. The number of ether oxygens (including phenoxy) is 2. The molecule has 21 heavy (non-hydrogen) atoms. The summed E-state index contributed by atoms with van der Waals surface area (Å²) in [4.78, 5) is 15.5. The molecule has 0 saturated carbocycles. The van der Waals surface area contributed by atoms with Crippen LogP contribution < -0.4 is 9.47 Å². The van der Waals surface area contributed by atoms with Crippen molar-refractivity contribution < 1.29 is 18.7 Å². The van der Waals surface area contributed by atoms with Crippen molar-refractivity contribution >= 4 is 17.4 Å². The molecule has 0 N–H and O–H groups in total. The molecule has 2 aromatic carbocycles. The SMILES string of the molecule is COc1ccc(-c2nc3c(OC)ccc(C=O)c3o2)cc1. The van der Waals surface area contributed by atoms with E-state index in [2.05, 4.69) is 4.98 Å². The average Bonchev–Trinajstić information content (AvgIpc) is 2.99. The highest BCUT2D eigenvalue weighted by Gasteiger charge is 2.15. The van der Waals surface area contributed by atoms with Crippen LogP contribution in [0.25, 0.3) is 22.6 Å². The summed E-state index contributed by atoms with van der Waals surface area (Å²) in [5.74, 6) is 1.75. The fourth-order valence-corrected chi connectivity index (χ4v) is 2.12. The highest BCUT2D eigenvalue weighted by molar-refractivity contribution is 5.96. The molecule has 1 aromatic heterocycles. The molecule has 0 spiro atoms. The standard InChI is InChI=1S/C16H13NO4/c1-19-12-6-3-10(4-7-12)16-17-14-13(20-2)8-5-11(9-18)15(14)21-16/h3-9H,1-2H3. The fourth-order valence-electron chi connectivity index (χ4n) is 2.12. The first-order valence-corrected chi connectivity index (χ1v) is 6.34. The van der Waals surface area contributed by atoms with Crippen molar-refractivity contribution in [2.24, 2.45) is 0 Å². The number of hydrogen-bond donors (Lipinski definition) is 0. The van der Waals surface area contributed by atoms with Crippen LogP contribution >= 0.6 is 0 Å². The first-order chi connectivity index (χ1) is 10.3. The summed E-state index contributed by atoms with van der Waals surface area (Å²) in [5.41, 5.74) is 2.20. The maximum absolute atomic E-state index is 11.1. The third-order valence-electron chi connectivity index (χ3n) is 3.22. The van der Waals surface area contributed by atoms with Crippen LogP contribution in [0.4, 0.5) is 0 Å². The van der Waals surface area contributed by atoms with Crippen molar-refractivity contribution in [1.82, 2.24) is 4.98 Å². The Balaban J connectivity index is 2.17. The van der Waals surface area contributed by atoms with Gasteiger partial charge in [0.1, 0.15) is 11.5 Å². The topological polar surface area (TPSA) is 61.6 Å². The van der Waals surface area contributed by atoms with Gasteiger partial charge in [-0.25, -0.2) is 4.98 Å². The highest BCUT2D eigenvalue weighted by atomic mass is 16.5. The zero-order chi connectivity index (χ0) is 14.8. The van der Waals surface area contributed by atoms with E-state index < -0.39 is 0 Å². The average molecular weight is 283 g/mol. The molecule has 1 heterocycles. The molecule has 0 fully saturated rings. The monoisotopic (exact) mass is 283 g/mol. The highest BCUT2D eigenvalue weighted by Crippen LogP contribution is 2.32. The Hall–Kier alpha value is -2.82. The summed E-state index contributed by atoms with van der Waals surface area (Å²) in [6, 6.07) is 10.7. The number of carbonyl (C=O) groups is 1. The minimum atomic E-state index is 0.426. The molecule has 0 radical (unpaired) electrons. The quantitative estimate of drug-likeness (QED) is 0.687. The van der Waals surface area contributed by atoms with Gasteiger partial charge in [-0.15, -0.1) is 0 Å². The molecule has 3 rings (SSSR count). The van der Waals surface area contributed by atoms with Gasteiger partial charge in [0.2, 0.25) is 5.89 Å². The molecule has 0 aliphatic rings. The maximum Gasteiger partial charge on any atom is 0.227 e. The van der Waals surface area contributed by atoms with Gasteiger partial charge in [0.05, 0.1) is 19.8 Å². The molecule has 5 nitrogen and oxygen atoms in total. The Morgan fingerprint density at radius 2 is 1.81 bits per heavy atom. The molecule has 0 saturated heterocycles. The summed E-state index contributed by atoms with van der Waals surface area (Å²) >= 11 is 0. The molecule has 3 aromatic rings. The molecule has 0 unspecified atom stereocenters. The summed E-state index contributed by atoms with van der Waals surface area (Å²) < 4.78 is 16.1. The van der Waals surface area contributed by atoms with Crippen LogP contribution in [-0.4, -0.2) is 25.5 Å². The van der Waals surface area contributed by atoms with Crippen LogP contribution in [0.15, 0.2) is 40.8 Å². The first-order valence-electron chi connectivity index (χ1n) is 6.34. The van der Waals surface area contributed by atoms with Crippen LogP contribution in [-0.2, 0) is 0 Å². The molecule has 0 aliphatic heterocycles. The minimum absolute atomic E-state index is 0.426. The normalized spacial score (nSPS) is 10.6. The van der Waals surface area contributed by atoms with Crippen molar-refractivity contribution in [2.45, 2.75) is 0 Å². The second kappa shape index (κ2) is 5.28. The number of aldehydes is 1. The summed E-state index contributed by atoms with van der Waals surface area (Å²) in [6.07, 6.45) is 0.741. The Labute approximate surface area is 121 Å². The van der Waals surface area contributed by atoms with Gasteiger partial charge in [-0.3, -0.25) is 4.79 Å². The lowest BCUT2D eigenvalue weighted by atomic mass is 10.2. The number of oxazole rings is 1. The molecule has 5 heteroatoms. The number of carbonyl (C=O) groups excluding carboxylic acids is 1. The number of benzene rings is 2. The van der Waals surface area contributed by atoms with Crippen LogP contribution in [0.1, 0.15) is 10.4 Å². The van der Waals surface area contributed by atoms with E-state index in [1.165, 1.54) is 0 Å². The molecule has 0 bridgehead atoms. The second-order valence-electron chi connectivity index (χ2n) is 4.40. The van der Waals surface area contributed by atoms with Crippen molar-refractivity contribution in [3.8, 4) is 23.0 Å². The first kappa shape index (κ1) is 13.2. The predicted octanol–water partition coefficient (Wildman–Crippen LogP) is 3.32. The number of hydrogen-bond acceptors (Lipinski definition) is 5. The van der Waals surface area contributed by atoms with Gasteiger partial charge in [0, 0.05) is 5.56 Å². The van der Waals surface area contributed by atoms with Gasteiger partial charge in [0.25, 0.3) is 0 Å². The largest absolute Gasteiger partial charge is 0.497 e. The third-order valence-corrected chi connectivity index (χ3v) is 3.22. The van der Waals surface area contributed by atoms with Crippen LogP contribution in [0.5, 0.6) is 11.5 Å². The molecule has 0 aliphatic carbocycles. The number of aromatic nitrogens is 1. The van der Waals surface area contributed by atoms with Gasteiger partial charge in [-0.05, 0) is 36.4 Å². The lowest BCUT2D eigenvalue weighted by Gasteiger charge is -1.99. The summed E-state index contributed by atoms with van der Waals surface area (Å²) in [6.45, 7) is 0. The summed E-state index contributed by atoms with van der Waals surface area (Å²) in [5, 5.41) is 0. The number of fused-ring (bicyclic) bond motifs is 1. The predicted molar refractivity (Wildman–Crippen MR) is 77.9 cm³/mol. The van der Waals surface area contributed by atoms with Crippen molar-refractivity contribution in [3.63, 3.8) is 0 Å². The van der Waals surface area contributed by atoms with Gasteiger partial charge in [-0.2, -0.15) is 0 Å². The number of nitrogens with zero attached hydrogens (tertiary/aromatic N) is 1. The lowest BCUT2D eigenvalue weighted by molar-refractivity contribution is 0.112. The van der Waals surface area contributed by atoms with E-state index in [-0.39, 0.29) is 0 Å². The van der Waals surface area contributed by atoms with Gasteiger partial charge >= 0.3 is 0 Å². The molecule has 106 valence electrons. The zero-order valence-electron chi connectivity index (χ0n) is 11.6. The maximum atomic E-state index is 11.1. The van der Waals surface area contributed by atoms with Gasteiger partial charge in [0.15, 0.2) is 17.4 Å². The van der Waals surface area contributed by atoms with E-state index in [9.17, 15) is 4.79 Å². The Morgan fingerprint density at radius 3 is 2.43 bits per heavy atom. The summed E-state index contributed by atoms with van der Waals surface area (Å²) in [7, 11) is 3.16. The smallest absolute Gasteiger partial charge is 0.227 e. The van der Waals surface area contributed by atoms with Crippen LogP contribution in [0, 0.1) is 0 Å². The van der Waals surface area contributed by atoms with Crippen LogP contribution in [0.3, 0.4) is 0 Å². The van der Waals surface area contributed by atoms with E-state index in [1.807, 2.05) is 24.3 Å². The van der Waals surface area contributed by atoms with E-state index in [4.69, 9.17) is 13.9 Å². The van der Waals surface area contributed by atoms with E-state index in [1.54, 1.807) is 26.4 Å². The molecule has 0 amide bonds. The van der Waals surface area contributed by atoms with Gasteiger partial charge < -0.3 is 13.9 Å². The lowest BCUT2D eigenvalue weighted by Crippen LogP contribution is -1.87. The van der Waals surface area contributed by atoms with Gasteiger partial charge in [-0.1, -0.05) is 0 Å². The van der Waals surface area contributed by atoms with Crippen molar-refractivity contribution in [1.29, 1.82) is 0 Å². The molecule has 0 atom stereocenters.